The van der Waals surface area contributed by atoms with Crippen LogP contribution in [0.25, 0.3) is 10.8 Å². The molecule has 3 heterocycles. The normalized spacial score (nSPS) is 22.4. The number of piperazine rings is 2. The van der Waals surface area contributed by atoms with E-state index in [0.717, 1.165) is 11.1 Å². The summed E-state index contributed by atoms with van der Waals surface area (Å²) >= 11 is 0. The minimum absolute atomic E-state index is 0.0695. The number of benzene rings is 2. The Morgan fingerprint density at radius 2 is 1.87 bits per heavy atom. The van der Waals surface area contributed by atoms with Gasteiger partial charge in [0.15, 0.2) is 0 Å². The fraction of sp³-hybridized carbons (Fsp3) is 0.286. The van der Waals surface area contributed by atoms with E-state index in [1.54, 1.807) is 30.5 Å². The Hall–Kier alpha value is -3.24. The molecular formula is C21H21N5O4S. The van der Waals surface area contributed by atoms with Gasteiger partial charge in [-0.25, -0.2) is 13.4 Å². The highest BCUT2D eigenvalue weighted by Gasteiger charge is 2.46. The van der Waals surface area contributed by atoms with Gasteiger partial charge in [0.25, 0.3) is 0 Å². The van der Waals surface area contributed by atoms with Crippen LogP contribution in [0.2, 0.25) is 0 Å². The largest absolute Gasteiger partial charge is 0.348 e. The Bertz CT molecular complexity index is 1250. The Kier molecular flexibility index (Phi) is 4.75. The first kappa shape index (κ1) is 19.7. The van der Waals surface area contributed by atoms with E-state index in [2.05, 4.69) is 15.3 Å². The third kappa shape index (κ3) is 3.37. The van der Waals surface area contributed by atoms with Gasteiger partial charge >= 0.3 is 0 Å². The number of nitrogens with one attached hydrogen (secondary N) is 2. The quantitative estimate of drug-likeness (QED) is 0.615. The lowest BCUT2D eigenvalue weighted by atomic mass is 10.0. The summed E-state index contributed by atoms with van der Waals surface area (Å²) in [7, 11) is -3.83. The molecule has 0 spiro atoms. The summed E-state index contributed by atoms with van der Waals surface area (Å²) in [6.45, 7) is 0.234. The molecule has 2 N–H and O–H groups in total. The Morgan fingerprint density at radius 1 is 1.06 bits per heavy atom. The molecule has 160 valence electrons. The van der Waals surface area contributed by atoms with Crippen LogP contribution in [0.4, 0.5) is 0 Å². The van der Waals surface area contributed by atoms with Crippen LogP contribution in [-0.4, -0.2) is 71.1 Å². The maximum Gasteiger partial charge on any atom is 0.246 e. The van der Waals surface area contributed by atoms with E-state index in [9.17, 15) is 18.0 Å². The number of aromatic nitrogens is 2. The number of imidazole rings is 1. The van der Waals surface area contributed by atoms with Crippen LogP contribution in [-0.2, 0) is 26.0 Å². The summed E-state index contributed by atoms with van der Waals surface area (Å²) in [6.07, 6.45) is 3.44. The lowest BCUT2D eigenvalue weighted by Gasteiger charge is -2.44. The number of nitrogens with zero attached hydrogens (tertiary/aromatic N) is 3. The summed E-state index contributed by atoms with van der Waals surface area (Å²) in [6, 6.07) is 10.9. The zero-order valence-corrected chi connectivity index (χ0v) is 17.4. The van der Waals surface area contributed by atoms with Gasteiger partial charge in [-0.2, -0.15) is 4.31 Å². The predicted molar refractivity (Wildman–Crippen MR) is 112 cm³/mol. The number of carbonyl (C=O) groups excluding carboxylic acids is 2. The van der Waals surface area contributed by atoms with Gasteiger partial charge in [0.1, 0.15) is 12.1 Å². The van der Waals surface area contributed by atoms with Crippen LogP contribution in [0, 0.1) is 0 Å². The molecular weight excluding hydrogens is 418 g/mol. The van der Waals surface area contributed by atoms with Crippen LogP contribution < -0.4 is 5.32 Å². The number of rotatable bonds is 4. The first-order valence-electron chi connectivity index (χ1n) is 10.0. The number of sulfonamides is 1. The van der Waals surface area contributed by atoms with E-state index in [4.69, 9.17) is 0 Å². The van der Waals surface area contributed by atoms with Crippen LogP contribution in [0.5, 0.6) is 0 Å². The van der Waals surface area contributed by atoms with Crippen molar-refractivity contribution in [2.45, 2.75) is 23.4 Å². The van der Waals surface area contributed by atoms with E-state index in [1.165, 1.54) is 15.5 Å². The number of hydrogen-bond donors (Lipinski definition) is 2. The fourth-order valence-corrected chi connectivity index (χ4v) is 5.96. The van der Waals surface area contributed by atoms with Gasteiger partial charge < -0.3 is 15.2 Å². The van der Waals surface area contributed by atoms with E-state index < -0.39 is 22.1 Å². The molecule has 0 aliphatic carbocycles. The molecule has 2 amide bonds. The molecule has 2 aliphatic heterocycles. The molecule has 10 heteroatoms. The van der Waals surface area contributed by atoms with Gasteiger partial charge in [0.05, 0.1) is 11.2 Å². The number of H-pyrrole nitrogens is 1. The van der Waals surface area contributed by atoms with Crippen molar-refractivity contribution in [3.05, 3.63) is 60.7 Å². The van der Waals surface area contributed by atoms with Crippen LogP contribution in [0.3, 0.4) is 0 Å². The number of hydrogen-bond acceptors (Lipinski definition) is 5. The maximum atomic E-state index is 13.4. The monoisotopic (exact) mass is 439 g/mol. The fourth-order valence-electron chi connectivity index (χ4n) is 4.31. The summed E-state index contributed by atoms with van der Waals surface area (Å²) in [5.74, 6) is -0.552. The first-order valence-corrected chi connectivity index (χ1v) is 11.5. The Balaban J connectivity index is 1.39. The second kappa shape index (κ2) is 7.47. The molecule has 31 heavy (non-hydrogen) atoms. The highest BCUT2D eigenvalue weighted by Crippen LogP contribution is 2.28. The van der Waals surface area contributed by atoms with Gasteiger partial charge in [-0.3, -0.25) is 9.59 Å². The topological polar surface area (TPSA) is 115 Å². The van der Waals surface area contributed by atoms with Crippen molar-refractivity contribution >= 4 is 32.6 Å². The molecule has 5 rings (SSSR count). The average molecular weight is 439 g/mol. The van der Waals surface area contributed by atoms with Gasteiger partial charge in [-0.15, -0.1) is 0 Å². The third-order valence-electron chi connectivity index (χ3n) is 5.89. The number of amides is 2. The summed E-state index contributed by atoms with van der Waals surface area (Å²) in [5.41, 5.74) is 0.745. The number of fused-ring (bicyclic) bond motifs is 2. The van der Waals surface area contributed by atoms with Crippen LogP contribution >= 0.6 is 0 Å². The second-order valence-corrected chi connectivity index (χ2v) is 9.64. The van der Waals surface area contributed by atoms with Gasteiger partial charge in [0.2, 0.25) is 21.8 Å². The molecule has 0 saturated carbocycles. The van der Waals surface area contributed by atoms with Gasteiger partial charge in [-0.05, 0) is 11.5 Å². The molecule has 0 bridgehead atoms. The molecule has 0 unspecified atom stereocenters. The second-order valence-electron chi connectivity index (χ2n) is 7.73. The van der Waals surface area contributed by atoms with Crippen molar-refractivity contribution in [1.29, 1.82) is 0 Å². The standard InChI is InChI=1S/C21H21N5O4S/c27-20-18-12-25(31(29,30)19-7-3-5-14-4-1-2-6-16(14)19)8-9-26(18)21(28)17(24-20)10-15-11-22-13-23-15/h1-7,11,13,17-18H,8-10,12H2,(H,22,23)(H,24,27)/t17-,18+/m0/s1. The summed E-state index contributed by atoms with van der Waals surface area (Å²) in [5, 5.41) is 4.21. The molecule has 2 aromatic carbocycles. The van der Waals surface area contributed by atoms with Crippen molar-refractivity contribution in [3.63, 3.8) is 0 Å². The lowest BCUT2D eigenvalue weighted by Crippen LogP contribution is -2.69. The molecule has 2 saturated heterocycles. The average Bonchev–Trinajstić information content (AvgIpc) is 3.29. The van der Waals surface area contributed by atoms with Crippen LogP contribution in [0.15, 0.2) is 59.9 Å². The van der Waals surface area contributed by atoms with Crippen molar-refractivity contribution in [2.24, 2.45) is 0 Å². The van der Waals surface area contributed by atoms with Crippen molar-refractivity contribution in [1.82, 2.24) is 24.5 Å². The predicted octanol–water partition coefficient (Wildman–Crippen LogP) is 0.506. The lowest BCUT2D eigenvalue weighted by molar-refractivity contribution is -0.151. The molecule has 3 aromatic rings. The Morgan fingerprint density at radius 3 is 2.68 bits per heavy atom. The molecule has 0 radical (unpaired) electrons. The molecule has 2 atom stereocenters. The summed E-state index contributed by atoms with van der Waals surface area (Å²) < 4.78 is 28.1. The maximum absolute atomic E-state index is 13.4. The molecule has 9 nitrogen and oxygen atoms in total. The molecule has 1 aromatic heterocycles. The number of aromatic amines is 1. The van der Waals surface area contributed by atoms with Crippen molar-refractivity contribution < 1.29 is 18.0 Å². The van der Waals surface area contributed by atoms with E-state index in [0.29, 0.717) is 11.8 Å². The van der Waals surface area contributed by atoms with E-state index in [-0.39, 0.29) is 36.3 Å². The Labute approximate surface area is 179 Å². The highest BCUT2D eigenvalue weighted by molar-refractivity contribution is 7.89. The van der Waals surface area contributed by atoms with E-state index >= 15 is 0 Å². The molecule has 2 aliphatic rings. The van der Waals surface area contributed by atoms with Gasteiger partial charge in [0, 0.05) is 43.3 Å². The van der Waals surface area contributed by atoms with E-state index in [1.807, 2.05) is 18.2 Å². The SMILES string of the molecule is O=C1N[C@@H](Cc2cnc[nH]2)C(=O)N2CCN(S(=O)(=O)c3cccc4ccccc34)C[C@H]12. The van der Waals surface area contributed by atoms with Crippen molar-refractivity contribution in [2.75, 3.05) is 19.6 Å². The zero-order chi connectivity index (χ0) is 21.6. The summed E-state index contributed by atoms with van der Waals surface area (Å²) in [4.78, 5) is 34.3. The van der Waals surface area contributed by atoms with Crippen LogP contribution in [0.1, 0.15) is 5.69 Å². The third-order valence-corrected chi connectivity index (χ3v) is 7.81. The number of carbonyl (C=O) groups is 2. The van der Waals surface area contributed by atoms with Gasteiger partial charge in [-0.1, -0.05) is 36.4 Å². The minimum Gasteiger partial charge on any atom is -0.348 e. The first-order chi connectivity index (χ1) is 14.9. The zero-order valence-electron chi connectivity index (χ0n) is 16.6. The highest BCUT2D eigenvalue weighted by atomic mass is 32.2. The van der Waals surface area contributed by atoms with Crippen molar-refractivity contribution in [3.8, 4) is 0 Å². The smallest absolute Gasteiger partial charge is 0.246 e. The molecule has 2 fully saturated rings. The minimum atomic E-state index is -3.83.